The molecular weight excluding hydrogens is 262 g/mol. The molecule has 1 aromatic carbocycles. The Bertz CT molecular complexity index is 517. The lowest BCUT2D eigenvalue weighted by atomic mass is 9.86. The molecule has 84 valence electrons. The maximum Gasteiger partial charge on any atom is 0.0705 e. The smallest absolute Gasteiger partial charge is 0.0705 e. The van der Waals surface area contributed by atoms with Crippen LogP contribution in [0.15, 0.2) is 30.3 Å². The molecule has 0 saturated heterocycles. The van der Waals surface area contributed by atoms with Crippen molar-refractivity contribution in [3.05, 3.63) is 41.6 Å². The molecule has 1 heterocycles. The molecule has 0 fully saturated rings. The zero-order valence-electron chi connectivity index (χ0n) is 9.92. The molecule has 0 aliphatic heterocycles. The normalized spacial score (nSPS) is 12.0. The predicted molar refractivity (Wildman–Crippen MR) is 73.3 cm³/mol. The van der Waals surface area contributed by atoms with Gasteiger partial charge in [0.15, 0.2) is 0 Å². The Kier molecular flexibility index (Phi) is 3.02. The van der Waals surface area contributed by atoms with Crippen LogP contribution in [0.25, 0.3) is 10.9 Å². The molecule has 1 nitrogen and oxygen atoms in total. The number of nitrogens with zero attached hydrogens (tertiary/aromatic N) is 1. The van der Waals surface area contributed by atoms with E-state index in [1.807, 2.05) is 6.92 Å². The monoisotopic (exact) mass is 277 g/mol. The van der Waals surface area contributed by atoms with Gasteiger partial charge in [-0.1, -0.05) is 41.9 Å². The number of aryl methyl sites for hydroxylation is 1. The maximum absolute atomic E-state index is 4.51. The number of hydrogen-bond donors (Lipinski definition) is 0. The molecule has 0 atom stereocenters. The van der Waals surface area contributed by atoms with Crippen LogP contribution in [0, 0.1) is 6.92 Å². The van der Waals surface area contributed by atoms with Crippen LogP contribution < -0.4 is 0 Å². The van der Waals surface area contributed by atoms with E-state index < -0.39 is 0 Å². The van der Waals surface area contributed by atoms with E-state index in [4.69, 9.17) is 0 Å². The van der Waals surface area contributed by atoms with E-state index in [-0.39, 0.29) is 5.41 Å². The Labute approximate surface area is 105 Å². The average Bonchev–Trinajstić information content (AvgIpc) is 2.28. The molecule has 0 spiro atoms. The third kappa shape index (κ3) is 2.12. The molecule has 0 amide bonds. The van der Waals surface area contributed by atoms with Crippen LogP contribution in [0.4, 0.5) is 0 Å². The quantitative estimate of drug-likeness (QED) is 0.750. The van der Waals surface area contributed by atoms with E-state index in [1.54, 1.807) is 0 Å². The van der Waals surface area contributed by atoms with Crippen LogP contribution in [0.2, 0.25) is 0 Å². The molecule has 0 bridgehead atoms. The largest absolute Gasteiger partial charge is 0.253 e. The lowest BCUT2D eigenvalue weighted by Crippen LogP contribution is -2.18. The van der Waals surface area contributed by atoms with Crippen molar-refractivity contribution >= 4 is 26.8 Å². The Balaban J connectivity index is 2.57. The minimum Gasteiger partial charge on any atom is -0.253 e. The minimum absolute atomic E-state index is 0.166. The lowest BCUT2D eigenvalue weighted by Gasteiger charge is -2.22. The van der Waals surface area contributed by atoms with Gasteiger partial charge < -0.3 is 0 Å². The third-order valence-electron chi connectivity index (χ3n) is 2.94. The van der Waals surface area contributed by atoms with Crippen molar-refractivity contribution < 1.29 is 0 Å². The summed E-state index contributed by atoms with van der Waals surface area (Å²) in [6.07, 6.45) is 0. The Morgan fingerprint density at radius 1 is 1.19 bits per heavy atom. The fraction of sp³-hybridized carbons (Fsp3) is 0.357. The molecule has 0 unspecified atom stereocenters. The summed E-state index contributed by atoms with van der Waals surface area (Å²) in [6.45, 7) is 6.50. The highest BCUT2D eigenvalue weighted by Crippen LogP contribution is 2.27. The van der Waals surface area contributed by atoms with E-state index in [1.165, 1.54) is 10.9 Å². The first-order chi connectivity index (χ1) is 7.53. The zero-order chi connectivity index (χ0) is 11.8. The number of alkyl halides is 1. The number of halogens is 1. The van der Waals surface area contributed by atoms with Gasteiger partial charge in [0.1, 0.15) is 0 Å². The number of benzene rings is 1. The first kappa shape index (κ1) is 11.6. The Hall–Kier alpha value is -0.890. The summed E-state index contributed by atoms with van der Waals surface area (Å²) in [4.78, 5) is 4.51. The first-order valence-corrected chi connectivity index (χ1v) is 6.59. The topological polar surface area (TPSA) is 12.9 Å². The summed E-state index contributed by atoms with van der Waals surface area (Å²) in [7, 11) is 0. The van der Waals surface area contributed by atoms with Crippen molar-refractivity contribution in [1.82, 2.24) is 4.98 Å². The first-order valence-electron chi connectivity index (χ1n) is 5.47. The Morgan fingerprint density at radius 3 is 2.62 bits per heavy atom. The molecule has 0 N–H and O–H groups in total. The summed E-state index contributed by atoms with van der Waals surface area (Å²) >= 11 is 3.57. The van der Waals surface area contributed by atoms with Crippen LogP contribution in [0.1, 0.15) is 25.1 Å². The van der Waals surface area contributed by atoms with E-state index in [2.05, 4.69) is 65.1 Å². The zero-order valence-corrected chi connectivity index (χ0v) is 11.5. The fourth-order valence-electron chi connectivity index (χ4n) is 1.73. The van der Waals surface area contributed by atoms with Gasteiger partial charge in [-0.15, -0.1) is 0 Å². The van der Waals surface area contributed by atoms with Crippen molar-refractivity contribution in [2.75, 3.05) is 5.33 Å². The van der Waals surface area contributed by atoms with Gasteiger partial charge in [-0.3, -0.25) is 4.98 Å². The molecule has 2 rings (SSSR count). The van der Waals surface area contributed by atoms with E-state index >= 15 is 0 Å². The second-order valence-electron chi connectivity index (χ2n) is 4.88. The van der Waals surface area contributed by atoms with Gasteiger partial charge in [0, 0.05) is 16.4 Å². The average molecular weight is 278 g/mol. The maximum atomic E-state index is 4.51. The molecule has 2 aromatic rings. The van der Waals surface area contributed by atoms with E-state index in [0.29, 0.717) is 0 Å². The van der Waals surface area contributed by atoms with Crippen molar-refractivity contribution in [3.63, 3.8) is 0 Å². The highest BCUT2D eigenvalue weighted by atomic mass is 79.9. The molecule has 0 radical (unpaired) electrons. The van der Waals surface area contributed by atoms with Crippen LogP contribution in [0.5, 0.6) is 0 Å². The number of rotatable bonds is 2. The van der Waals surface area contributed by atoms with Crippen LogP contribution in [-0.4, -0.2) is 10.3 Å². The van der Waals surface area contributed by atoms with Gasteiger partial charge in [-0.25, -0.2) is 0 Å². The standard InChI is InChI=1S/C14H16BrN/c1-10-4-5-11-8-12(14(2,3)9-15)6-7-13(11)16-10/h4-8H,9H2,1-3H3. The number of hydrogen-bond acceptors (Lipinski definition) is 1. The summed E-state index contributed by atoms with van der Waals surface area (Å²) in [5, 5.41) is 2.18. The van der Waals surface area contributed by atoms with Gasteiger partial charge in [0.2, 0.25) is 0 Å². The Morgan fingerprint density at radius 2 is 1.94 bits per heavy atom. The summed E-state index contributed by atoms with van der Waals surface area (Å²) in [5.41, 5.74) is 3.66. The highest BCUT2D eigenvalue weighted by Gasteiger charge is 2.18. The number of aromatic nitrogens is 1. The molecule has 16 heavy (non-hydrogen) atoms. The van der Waals surface area contributed by atoms with Gasteiger partial charge in [0.25, 0.3) is 0 Å². The second kappa shape index (κ2) is 4.17. The molecule has 0 aliphatic carbocycles. The molecule has 0 saturated carbocycles. The van der Waals surface area contributed by atoms with Crippen LogP contribution >= 0.6 is 15.9 Å². The number of pyridine rings is 1. The van der Waals surface area contributed by atoms with Crippen molar-refractivity contribution in [2.24, 2.45) is 0 Å². The van der Waals surface area contributed by atoms with Crippen molar-refractivity contribution in [2.45, 2.75) is 26.2 Å². The number of fused-ring (bicyclic) bond motifs is 1. The second-order valence-corrected chi connectivity index (χ2v) is 5.44. The molecule has 1 aromatic heterocycles. The molecule has 2 heteroatoms. The summed E-state index contributed by atoms with van der Waals surface area (Å²) in [5.74, 6) is 0. The lowest BCUT2D eigenvalue weighted by molar-refractivity contribution is 0.607. The third-order valence-corrected chi connectivity index (χ3v) is 4.35. The minimum atomic E-state index is 0.166. The summed E-state index contributed by atoms with van der Waals surface area (Å²) < 4.78 is 0. The van der Waals surface area contributed by atoms with E-state index in [0.717, 1.165) is 16.5 Å². The van der Waals surface area contributed by atoms with Crippen LogP contribution in [0.3, 0.4) is 0 Å². The van der Waals surface area contributed by atoms with Crippen molar-refractivity contribution in [3.8, 4) is 0 Å². The van der Waals surface area contributed by atoms with Crippen LogP contribution in [-0.2, 0) is 5.41 Å². The molecule has 0 aliphatic rings. The fourth-order valence-corrected chi connectivity index (χ4v) is 2.05. The van der Waals surface area contributed by atoms with Gasteiger partial charge in [-0.2, -0.15) is 0 Å². The van der Waals surface area contributed by atoms with Gasteiger partial charge in [-0.05, 0) is 36.1 Å². The molecular formula is C14H16BrN. The highest BCUT2D eigenvalue weighted by molar-refractivity contribution is 9.09. The SMILES string of the molecule is Cc1ccc2cc(C(C)(C)CBr)ccc2n1. The summed E-state index contributed by atoms with van der Waals surface area (Å²) in [6, 6.07) is 10.7. The van der Waals surface area contributed by atoms with Gasteiger partial charge in [0.05, 0.1) is 5.52 Å². The van der Waals surface area contributed by atoms with Gasteiger partial charge >= 0.3 is 0 Å². The van der Waals surface area contributed by atoms with E-state index in [9.17, 15) is 0 Å². The van der Waals surface area contributed by atoms with Crippen molar-refractivity contribution in [1.29, 1.82) is 0 Å². The predicted octanol–water partition coefficient (Wildman–Crippen LogP) is 4.22.